The molecule has 0 saturated heterocycles. The summed E-state index contributed by atoms with van der Waals surface area (Å²) in [5, 5.41) is 0. The highest BCUT2D eigenvalue weighted by molar-refractivity contribution is 5.32. The van der Waals surface area contributed by atoms with Crippen LogP contribution in [0.2, 0.25) is 0 Å². The van der Waals surface area contributed by atoms with Crippen molar-refractivity contribution in [3.63, 3.8) is 0 Å². The summed E-state index contributed by atoms with van der Waals surface area (Å²) in [4.78, 5) is 0. The smallest absolute Gasteiger partial charge is 0.124 e. The van der Waals surface area contributed by atoms with Crippen LogP contribution in [0.15, 0.2) is 24.3 Å². The highest BCUT2D eigenvalue weighted by atomic mass is 16.5. The van der Waals surface area contributed by atoms with Crippen LogP contribution in [0.3, 0.4) is 0 Å². The topological polar surface area (TPSA) is 44.5 Å². The third-order valence-electron chi connectivity index (χ3n) is 3.86. The summed E-state index contributed by atoms with van der Waals surface area (Å²) in [6, 6.07) is 8.00. The number of methoxy groups -OCH3 is 1. The first kappa shape index (κ1) is 13.4. The van der Waals surface area contributed by atoms with E-state index < -0.39 is 0 Å². The Hall–Kier alpha value is -1.06. The van der Waals surface area contributed by atoms with Gasteiger partial charge in [0.2, 0.25) is 0 Å². The molecule has 1 fully saturated rings. The number of ether oxygens (including phenoxy) is 2. The monoisotopic (exact) mass is 249 g/mol. The van der Waals surface area contributed by atoms with Crippen LogP contribution in [0.1, 0.15) is 37.7 Å². The van der Waals surface area contributed by atoms with Gasteiger partial charge in [-0.05, 0) is 18.9 Å². The SMILES string of the molecule is COc1ccccc1COC1(CN)CCCCC1. The normalized spacial score (nSPS) is 18.6. The summed E-state index contributed by atoms with van der Waals surface area (Å²) in [7, 11) is 1.69. The van der Waals surface area contributed by atoms with Crippen LogP contribution in [0.25, 0.3) is 0 Å². The second-order valence-corrected chi connectivity index (χ2v) is 5.05. The molecule has 1 aliphatic rings. The lowest BCUT2D eigenvalue weighted by Crippen LogP contribution is -2.42. The van der Waals surface area contributed by atoms with Gasteiger partial charge in [-0.25, -0.2) is 0 Å². The first-order valence-corrected chi connectivity index (χ1v) is 6.75. The van der Waals surface area contributed by atoms with Gasteiger partial charge in [0.15, 0.2) is 0 Å². The molecule has 1 aliphatic carbocycles. The van der Waals surface area contributed by atoms with Gasteiger partial charge in [0.25, 0.3) is 0 Å². The minimum atomic E-state index is -0.112. The van der Waals surface area contributed by atoms with E-state index in [1.807, 2.05) is 24.3 Å². The lowest BCUT2D eigenvalue weighted by molar-refractivity contribution is -0.0738. The fourth-order valence-electron chi connectivity index (χ4n) is 2.66. The predicted molar refractivity (Wildman–Crippen MR) is 72.7 cm³/mol. The molecule has 18 heavy (non-hydrogen) atoms. The molecule has 3 nitrogen and oxygen atoms in total. The van der Waals surface area contributed by atoms with E-state index in [1.54, 1.807) is 7.11 Å². The fourth-order valence-corrected chi connectivity index (χ4v) is 2.66. The molecule has 0 heterocycles. The molecule has 0 atom stereocenters. The van der Waals surface area contributed by atoms with Gasteiger partial charge in [0, 0.05) is 12.1 Å². The zero-order valence-electron chi connectivity index (χ0n) is 11.2. The lowest BCUT2D eigenvalue weighted by atomic mass is 9.84. The Bertz CT molecular complexity index is 373. The van der Waals surface area contributed by atoms with Crippen molar-refractivity contribution in [1.29, 1.82) is 0 Å². The first-order valence-electron chi connectivity index (χ1n) is 6.75. The van der Waals surface area contributed by atoms with Crippen molar-refractivity contribution in [3.8, 4) is 5.75 Å². The maximum atomic E-state index is 6.14. The first-order chi connectivity index (χ1) is 8.79. The van der Waals surface area contributed by atoms with Crippen molar-refractivity contribution in [1.82, 2.24) is 0 Å². The van der Waals surface area contributed by atoms with E-state index >= 15 is 0 Å². The molecular formula is C15H23NO2. The Balaban J connectivity index is 2.01. The van der Waals surface area contributed by atoms with Crippen molar-refractivity contribution in [3.05, 3.63) is 29.8 Å². The molecule has 0 unspecified atom stereocenters. The number of para-hydroxylation sites is 1. The zero-order valence-corrected chi connectivity index (χ0v) is 11.2. The summed E-state index contributed by atoms with van der Waals surface area (Å²) < 4.78 is 11.5. The van der Waals surface area contributed by atoms with Crippen LogP contribution >= 0.6 is 0 Å². The number of benzene rings is 1. The van der Waals surface area contributed by atoms with Crippen LogP contribution in [0.4, 0.5) is 0 Å². The van der Waals surface area contributed by atoms with E-state index in [0.717, 1.165) is 24.2 Å². The lowest BCUT2D eigenvalue weighted by Gasteiger charge is -2.36. The number of hydrogen-bond donors (Lipinski definition) is 1. The molecule has 1 saturated carbocycles. The quantitative estimate of drug-likeness (QED) is 0.872. The van der Waals surface area contributed by atoms with Crippen LogP contribution in [0.5, 0.6) is 5.75 Å². The fraction of sp³-hybridized carbons (Fsp3) is 0.600. The van der Waals surface area contributed by atoms with Crippen LogP contribution in [-0.2, 0) is 11.3 Å². The molecule has 0 bridgehead atoms. The average Bonchev–Trinajstić information content (AvgIpc) is 2.46. The summed E-state index contributed by atoms with van der Waals surface area (Å²) in [6.07, 6.45) is 5.92. The Labute approximate surface area is 109 Å². The van der Waals surface area contributed by atoms with Gasteiger partial charge in [-0.2, -0.15) is 0 Å². The summed E-state index contributed by atoms with van der Waals surface area (Å²) in [5.41, 5.74) is 6.90. The van der Waals surface area contributed by atoms with Gasteiger partial charge in [-0.3, -0.25) is 0 Å². The highest BCUT2D eigenvalue weighted by Crippen LogP contribution is 2.32. The average molecular weight is 249 g/mol. The number of hydrogen-bond acceptors (Lipinski definition) is 3. The Kier molecular flexibility index (Phi) is 4.61. The standard InChI is InChI=1S/C15H23NO2/c1-17-14-8-4-3-7-13(14)11-18-15(12-16)9-5-2-6-10-15/h3-4,7-8H,2,5-6,9-12,16H2,1H3. The Morgan fingerprint density at radius 3 is 2.56 bits per heavy atom. The molecule has 0 amide bonds. The van der Waals surface area contributed by atoms with E-state index in [-0.39, 0.29) is 5.60 Å². The Morgan fingerprint density at radius 1 is 1.17 bits per heavy atom. The maximum Gasteiger partial charge on any atom is 0.124 e. The minimum absolute atomic E-state index is 0.112. The van der Waals surface area contributed by atoms with Gasteiger partial charge >= 0.3 is 0 Å². The molecule has 0 aliphatic heterocycles. The zero-order chi connectivity index (χ0) is 12.8. The van der Waals surface area contributed by atoms with Gasteiger partial charge < -0.3 is 15.2 Å². The van der Waals surface area contributed by atoms with Crippen LogP contribution in [0, 0.1) is 0 Å². The van der Waals surface area contributed by atoms with Gasteiger partial charge in [0.05, 0.1) is 19.3 Å². The van der Waals surface area contributed by atoms with E-state index in [2.05, 4.69) is 0 Å². The van der Waals surface area contributed by atoms with E-state index in [1.165, 1.54) is 19.3 Å². The Morgan fingerprint density at radius 2 is 1.89 bits per heavy atom. The van der Waals surface area contributed by atoms with Crippen molar-refractivity contribution in [2.24, 2.45) is 5.73 Å². The number of nitrogens with two attached hydrogens (primary N) is 1. The van der Waals surface area contributed by atoms with Crippen molar-refractivity contribution < 1.29 is 9.47 Å². The largest absolute Gasteiger partial charge is 0.496 e. The molecule has 3 heteroatoms. The highest BCUT2D eigenvalue weighted by Gasteiger charge is 2.31. The summed E-state index contributed by atoms with van der Waals surface area (Å²) in [6.45, 7) is 1.20. The molecule has 100 valence electrons. The summed E-state index contributed by atoms with van der Waals surface area (Å²) in [5.74, 6) is 0.889. The van der Waals surface area contributed by atoms with E-state index in [9.17, 15) is 0 Å². The third-order valence-corrected chi connectivity index (χ3v) is 3.86. The van der Waals surface area contributed by atoms with Crippen LogP contribution < -0.4 is 10.5 Å². The molecule has 2 N–H and O–H groups in total. The van der Waals surface area contributed by atoms with Crippen molar-refractivity contribution in [2.45, 2.75) is 44.3 Å². The molecular weight excluding hydrogens is 226 g/mol. The molecule has 2 rings (SSSR count). The van der Waals surface area contributed by atoms with E-state index in [0.29, 0.717) is 13.2 Å². The van der Waals surface area contributed by atoms with Gasteiger partial charge in [-0.1, -0.05) is 37.5 Å². The maximum absolute atomic E-state index is 6.14. The molecule has 0 spiro atoms. The molecule has 1 aromatic carbocycles. The molecule has 0 aromatic heterocycles. The van der Waals surface area contributed by atoms with Crippen molar-refractivity contribution in [2.75, 3.05) is 13.7 Å². The second-order valence-electron chi connectivity index (χ2n) is 5.05. The summed E-state index contributed by atoms with van der Waals surface area (Å²) >= 11 is 0. The molecule has 0 radical (unpaired) electrons. The van der Waals surface area contributed by atoms with E-state index in [4.69, 9.17) is 15.2 Å². The number of rotatable bonds is 5. The van der Waals surface area contributed by atoms with Gasteiger partial charge in [0.1, 0.15) is 5.75 Å². The minimum Gasteiger partial charge on any atom is -0.496 e. The van der Waals surface area contributed by atoms with Crippen molar-refractivity contribution >= 4 is 0 Å². The predicted octanol–water partition coefficient (Wildman–Crippen LogP) is 2.87. The molecule has 1 aromatic rings. The van der Waals surface area contributed by atoms with Crippen LogP contribution in [-0.4, -0.2) is 19.3 Å². The van der Waals surface area contributed by atoms with Gasteiger partial charge in [-0.15, -0.1) is 0 Å². The third kappa shape index (κ3) is 3.03. The second kappa shape index (κ2) is 6.21.